The number of hydrogen-bond donors (Lipinski definition) is 2. The summed E-state index contributed by atoms with van der Waals surface area (Å²) in [6.45, 7) is 1.76. The van der Waals surface area contributed by atoms with Crippen LogP contribution in [0.5, 0.6) is 0 Å². The Morgan fingerprint density at radius 1 is 1.20 bits per heavy atom. The molecule has 1 saturated carbocycles. The fourth-order valence-corrected chi connectivity index (χ4v) is 3.06. The number of halogens is 2. The van der Waals surface area contributed by atoms with Crippen LogP contribution in [0.3, 0.4) is 0 Å². The van der Waals surface area contributed by atoms with Gasteiger partial charge < -0.3 is 10.4 Å². The van der Waals surface area contributed by atoms with Gasteiger partial charge >= 0.3 is 0 Å². The van der Waals surface area contributed by atoms with E-state index in [2.05, 4.69) is 5.32 Å². The number of nitrogens with one attached hydrogen (secondary N) is 1. The molecule has 0 heterocycles. The van der Waals surface area contributed by atoms with Crippen molar-refractivity contribution in [2.75, 3.05) is 0 Å². The van der Waals surface area contributed by atoms with Gasteiger partial charge in [-0.25, -0.2) is 8.78 Å². The molecule has 0 aromatic heterocycles. The number of rotatable bonds is 6. The Kier molecular flexibility index (Phi) is 5.13. The molecule has 1 fully saturated rings. The van der Waals surface area contributed by atoms with E-state index in [4.69, 9.17) is 0 Å². The van der Waals surface area contributed by atoms with Crippen molar-refractivity contribution in [3.05, 3.63) is 71.3 Å². The summed E-state index contributed by atoms with van der Waals surface area (Å²) in [6, 6.07) is 12.9. The summed E-state index contributed by atoms with van der Waals surface area (Å²) in [5.74, 6) is -2.28. The Morgan fingerprint density at radius 3 is 2.60 bits per heavy atom. The summed E-state index contributed by atoms with van der Waals surface area (Å²) in [7, 11) is 0. The van der Waals surface area contributed by atoms with Gasteiger partial charge in [0.2, 0.25) is 5.91 Å². The smallest absolute Gasteiger partial charge is 0.224 e. The average molecular weight is 345 g/mol. The first-order chi connectivity index (χ1) is 12.0. The van der Waals surface area contributed by atoms with Crippen LogP contribution in [-0.4, -0.2) is 23.2 Å². The van der Waals surface area contributed by atoms with Gasteiger partial charge in [0, 0.05) is 12.3 Å². The van der Waals surface area contributed by atoms with Crippen molar-refractivity contribution in [1.29, 1.82) is 0 Å². The van der Waals surface area contributed by atoms with Crippen molar-refractivity contribution in [2.24, 2.45) is 5.92 Å². The van der Waals surface area contributed by atoms with Gasteiger partial charge in [0.1, 0.15) is 0 Å². The van der Waals surface area contributed by atoms with Gasteiger partial charge in [-0.05, 0) is 42.5 Å². The summed E-state index contributed by atoms with van der Waals surface area (Å²) in [4.78, 5) is 12.3. The Morgan fingerprint density at radius 2 is 1.92 bits per heavy atom. The maximum Gasteiger partial charge on any atom is 0.224 e. The summed E-state index contributed by atoms with van der Waals surface area (Å²) in [6.07, 6.45) is 0.379. The normalized spacial score (nSPS) is 21.4. The van der Waals surface area contributed by atoms with E-state index in [1.165, 1.54) is 6.07 Å². The topological polar surface area (TPSA) is 49.3 Å². The van der Waals surface area contributed by atoms with Crippen LogP contribution in [-0.2, 0) is 11.2 Å². The van der Waals surface area contributed by atoms with Gasteiger partial charge in [0.25, 0.3) is 0 Å². The molecule has 2 aromatic rings. The zero-order valence-corrected chi connectivity index (χ0v) is 14.0. The molecule has 0 saturated heterocycles. The van der Waals surface area contributed by atoms with Crippen LogP contribution in [0.4, 0.5) is 8.78 Å². The molecule has 2 aromatic carbocycles. The van der Waals surface area contributed by atoms with Crippen LogP contribution in [0, 0.1) is 17.6 Å². The first-order valence-corrected chi connectivity index (χ1v) is 8.43. The van der Waals surface area contributed by atoms with Crippen LogP contribution in [0.2, 0.25) is 0 Å². The fourth-order valence-electron chi connectivity index (χ4n) is 3.06. The maximum absolute atomic E-state index is 13.3. The van der Waals surface area contributed by atoms with Gasteiger partial charge in [0.15, 0.2) is 11.6 Å². The summed E-state index contributed by atoms with van der Waals surface area (Å²) in [5.41, 5.74) is 1.64. The van der Waals surface area contributed by atoms with Gasteiger partial charge in [-0.1, -0.05) is 36.4 Å². The van der Waals surface area contributed by atoms with Gasteiger partial charge in [0.05, 0.1) is 12.1 Å². The molecule has 132 valence electrons. The molecule has 0 aliphatic heterocycles. The molecule has 0 bridgehead atoms. The highest BCUT2D eigenvalue weighted by atomic mass is 19.2. The minimum atomic E-state index is -0.893. The third kappa shape index (κ3) is 4.23. The molecule has 5 heteroatoms. The van der Waals surface area contributed by atoms with Gasteiger partial charge in [-0.3, -0.25) is 4.79 Å². The number of benzene rings is 2. The van der Waals surface area contributed by atoms with Crippen molar-refractivity contribution in [1.82, 2.24) is 5.32 Å². The minimum absolute atomic E-state index is 0.0893. The number of carbonyl (C=O) groups is 1. The fraction of sp³-hybridized carbons (Fsp3) is 0.350. The third-order valence-corrected chi connectivity index (χ3v) is 4.73. The zero-order chi connectivity index (χ0) is 18.0. The lowest BCUT2D eigenvalue weighted by molar-refractivity contribution is -0.123. The first-order valence-electron chi connectivity index (χ1n) is 8.43. The van der Waals surface area contributed by atoms with Crippen molar-refractivity contribution < 1.29 is 18.7 Å². The van der Waals surface area contributed by atoms with E-state index >= 15 is 0 Å². The molecular formula is C20H21F2NO2. The first kappa shape index (κ1) is 17.5. The van der Waals surface area contributed by atoms with E-state index in [0.29, 0.717) is 18.4 Å². The van der Waals surface area contributed by atoms with Crippen LogP contribution >= 0.6 is 0 Å². The van der Waals surface area contributed by atoms with Crippen molar-refractivity contribution in [2.45, 2.75) is 37.8 Å². The molecule has 3 nitrogen and oxygen atoms in total. The monoisotopic (exact) mass is 345 g/mol. The Hall–Kier alpha value is -2.27. The second-order valence-electron chi connectivity index (χ2n) is 6.68. The summed E-state index contributed by atoms with van der Waals surface area (Å²) < 4.78 is 26.3. The average Bonchev–Trinajstić information content (AvgIpc) is 3.39. The molecule has 1 aliphatic carbocycles. The number of amides is 1. The highest BCUT2D eigenvalue weighted by Crippen LogP contribution is 2.47. The van der Waals surface area contributed by atoms with Crippen LogP contribution < -0.4 is 5.32 Å². The summed E-state index contributed by atoms with van der Waals surface area (Å²) in [5, 5.41) is 13.1. The highest BCUT2D eigenvalue weighted by Gasteiger charge is 2.44. The molecule has 1 aliphatic rings. The largest absolute Gasteiger partial charge is 0.391 e. The number of aliphatic hydroxyl groups excluding tert-OH is 1. The van der Waals surface area contributed by atoms with Crippen LogP contribution in [0.1, 0.15) is 30.4 Å². The Balaban J connectivity index is 1.53. The molecule has 4 atom stereocenters. The lowest BCUT2D eigenvalue weighted by atomic mass is 10.0. The predicted molar refractivity (Wildman–Crippen MR) is 91.0 cm³/mol. The van der Waals surface area contributed by atoms with E-state index in [9.17, 15) is 18.7 Å². The molecule has 25 heavy (non-hydrogen) atoms. The minimum Gasteiger partial charge on any atom is -0.391 e. The molecule has 0 spiro atoms. The van der Waals surface area contributed by atoms with Crippen molar-refractivity contribution in [3.63, 3.8) is 0 Å². The quantitative estimate of drug-likeness (QED) is 0.845. The molecule has 0 radical (unpaired) electrons. The summed E-state index contributed by atoms with van der Waals surface area (Å²) >= 11 is 0. The third-order valence-electron chi connectivity index (χ3n) is 4.73. The zero-order valence-electron chi connectivity index (χ0n) is 14.0. The van der Waals surface area contributed by atoms with Gasteiger partial charge in [-0.2, -0.15) is 0 Å². The standard InChI is InChI=1S/C20H21F2NO2/c1-12(19(24)9-13-5-3-2-4-6-13)23-20(25)16-11-15(16)14-7-8-17(21)18(22)10-14/h2-8,10,12,15-16,19,24H,9,11H2,1H3,(H,23,25). The van der Waals surface area contributed by atoms with Crippen LogP contribution in [0.25, 0.3) is 0 Å². The SMILES string of the molecule is CC(NC(=O)C1CC1c1ccc(F)c(F)c1)C(O)Cc1ccccc1. The van der Waals surface area contributed by atoms with Gasteiger partial charge in [-0.15, -0.1) is 0 Å². The highest BCUT2D eigenvalue weighted by molar-refractivity contribution is 5.83. The molecule has 1 amide bonds. The number of carbonyl (C=O) groups excluding carboxylic acids is 1. The molecule has 2 N–H and O–H groups in total. The predicted octanol–water partition coefficient (Wildman–Crippen LogP) is 3.18. The maximum atomic E-state index is 13.3. The lowest BCUT2D eigenvalue weighted by Gasteiger charge is -2.20. The second kappa shape index (κ2) is 7.31. The van der Waals surface area contributed by atoms with Crippen LogP contribution in [0.15, 0.2) is 48.5 Å². The molecule has 3 rings (SSSR count). The van der Waals surface area contributed by atoms with E-state index in [1.807, 2.05) is 30.3 Å². The lowest BCUT2D eigenvalue weighted by Crippen LogP contribution is -2.42. The molecular weight excluding hydrogens is 324 g/mol. The van der Waals surface area contributed by atoms with E-state index in [-0.39, 0.29) is 23.8 Å². The number of aliphatic hydroxyl groups is 1. The van der Waals surface area contributed by atoms with Crippen molar-refractivity contribution >= 4 is 5.91 Å². The van der Waals surface area contributed by atoms with E-state index < -0.39 is 17.7 Å². The second-order valence-corrected chi connectivity index (χ2v) is 6.68. The Labute approximate surface area is 145 Å². The van der Waals surface area contributed by atoms with Crippen molar-refractivity contribution in [3.8, 4) is 0 Å². The Bertz CT molecular complexity index is 751. The van der Waals surface area contributed by atoms with E-state index in [1.54, 1.807) is 6.92 Å². The number of hydrogen-bond acceptors (Lipinski definition) is 2. The van der Waals surface area contributed by atoms with E-state index in [0.717, 1.165) is 17.7 Å². The molecule has 4 unspecified atom stereocenters.